The molecule has 0 saturated carbocycles. The monoisotopic (exact) mass is 224 g/mol. The maximum atomic E-state index is 11.4. The molecule has 16 heavy (non-hydrogen) atoms. The zero-order valence-corrected chi connectivity index (χ0v) is 10.7. The van der Waals surface area contributed by atoms with Crippen LogP contribution in [0, 0.1) is 5.92 Å². The highest BCUT2D eigenvalue weighted by molar-refractivity contribution is 5.87. The third-order valence-corrected chi connectivity index (χ3v) is 3.18. The summed E-state index contributed by atoms with van der Waals surface area (Å²) >= 11 is 0. The van der Waals surface area contributed by atoms with Gasteiger partial charge in [0.15, 0.2) is 0 Å². The number of amides is 1. The first-order valence-corrected chi connectivity index (χ1v) is 6.29. The van der Waals surface area contributed by atoms with Crippen LogP contribution in [-0.4, -0.2) is 36.5 Å². The number of hydrogen-bond donors (Lipinski definition) is 1. The van der Waals surface area contributed by atoms with Gasteiger partial charge in [-0.05, 0) is 44.8 Å². The van der Waals surface area contributed by atoms with Crippen molar-refractivity contribution in [3.63, 3.8) is 0 Å². The van der Waals surface area contributed by atoms with Crippen LogP contribution in [0.2, 0.25) is 0 Å². The molecule has 3 heteroatoms. The van der Waals surface area contributed by atoms with E-state index in [4.69, 9.17) is 0 Å². The second-order valence-electron chi connectivity index (χ2n) is 4.80. The summed E-state index contributed by atoms with van der Waals surface area (Å²) in [5, 5.41) is 2.97. The van der Waals surface area contributed by atoms with Gasteiger partial charge in [0.05, 0.1) is 0 Å². The lowest BCUT2D eigenvalue weighted by Gasteiger charge is -2.30. The highest BCUT2D eigenvalue weighted by Crippen LogP contribution is 2.16. The summed E-state index contributed by atoms with van der Waals surface area (Å²) in [7, 11) is 0. The third kappa shape index (κ3) is 3.97. The van der Waals surface area contributed by atoms with Gasteiger partial charge in [-0.25, -0.2) is 0 Å². The standard InChI is InChI=1S/C13H24N2O/c1-4-7-13(16)14-10-12(11(2)3)15-8-5-6-9-15/h4,7,11-12H,5-6,8-10H2,1-3H3,(H,14,16). The summed E-state index contributed by atoms with van der Waals surface area (Å²) in [5.41, 5.74) is 0. The molecule has 1 aliphatic heterocycles. The minimum absolute atomic E-state index is 0.0207. The van der Waals surface area contributed by atoms with E-state index in [1.165, 1.54) is 25.9 Å². The minimum atomic E-state index is 0.0207. The molecule has 1 unspecified atom stereocenters. The van der Waals surface area contributed by atoms with Crippen molar-refractivity contribution in [1.82, 2.24) is 10.2 Å². The van der Waals surface area contributed by atoms with Gasteiger partial charge in [-0.15, -0.1) is 0 Å². The largest absolute Gasteiger partial charge is 0.351 e. The van der Waals surface area contributed by atoms with Crippen LogP contribution in [0.5, 0.6) is 0 Å². The van der Waals surface area contributed by atoms with Crippen LogP contribution >= 0.6 is 0 Å². The first-order valence-electron chi connectivity index (χ1n) is 6.29. The Morgan fingerprint density at radius 1 is 1.38 bits per heavy atom. The molecule has 3 nitrogen and oxygen atoms in total. The Labute approximate surface area is 98.9 Å². The average Bonchev–Trinajstić information content (AvgIpc) is 2.71. The maximum Gasteiger partial charge on any atom is 0.243 e. The lowest BCUT2D eigenvalue weighted by Crippen LogP contribution is -2.45. The zero-order valence-electron chi connectivity index (χ0n) is 10.7. The number of hydrogen-bond acceptors (Lipinski definition) is 2. The second-order valence-corrected chi connectivity index (χ2v) is 4.80. The fourth-order valence-electron chi connectivity index (χ4n) is 2.28. The molecule has 1 fully saturated rings. The fourth-order valence-corrected chi connectivity index (χ4v) is 2.28. The van der Waals surface area contributed by atoms with Gasteiger partial charge >= 0.3 is 0 Å². The van der Waals surface area contributed by atoms with Crippen molar-refractivity contribution in [3.05, 3.63) is 12.2 Å². The Hall–Kier alpha value is -0.830. The molecular formula is C13H24N2O. The summed E-state index contributed by atoms with van der Waals surface area (Å²) in [6.45, 7) is 9.45. The molecule has 0 aromatic heterocycles. The molecule has 1 atom stereocenters. The smallest absolute Gasteiger partial charge is 0.243 e. The van der Waals surface area contributed by atoms with Crippen LogP contribution in [-0.2, 0) is 4.79 Å². The van der Waals surface area contributed by atoms with E-state index < -0.39 is 0 Å². The second kappa shape index (κ2) is 6.69. The Kier molecular flexibility index (Phi) is 5.53. The summed E-state index contributed by atoms with van der Waals surface area (Å²) in [4.78, 5) is 13.9. The van der Waals surface area contributed by atoms with Crippen LogP contribution in [0.1, 0.15) is 33.6 Å². The van der Waals surface area contributed by atoms with Gasteiger partial charge in [-0.3, -0.25) is 9.69 Å². The van der Waals surface area contributed by atoms with Gasteiger partial charge in [0.1, 0.15) is 0 Å². The number of allylic oxidation sites excluding steroid dienone is 1. The van der Waals surface area contributed by atoms with E-state index in [1.54, 1.807) is 12.2 Å². The molecule has 0 aromatic rings. The van der Waals surface area contributed by atoms with E-state index in [9.17, 15) is 4.79 Å². The van der Waals surface area contributed by atoms with Crippen molar-refractivity contribution < 1.29 is 4.79 Å². The van der Waals surface area contributed by atoms with Crippen LogP contribution in [0.4, 0.5) is 0 Å². The van der Waals surface area contributed by atoms with Crippen molar-refractivity contribution in [1.29, 1.82) is 0 Å². The van der Waals surface area contributed by atoms with Gasteiger partial charge in [0.25, 0.3) is 0 Å². The van der Waals surface area contributed by atoms with Crippen LogP contribution in [0.15, 0.2) is 12.2 Å². The first kappa shape index (κ1) is 13.2. The number of rotatable bonds is 5. The summed E-state index contributed by atoms with van der Waals surface area (Å²) < 4.78 is 0. The Bertz CT molecular complexity index is 242. The molecule has 0 aromatic carbocycles. The number of carbonyl (C=O) groups excluding carboxylic acids is 1. The van der Waals surface area contributed by atoms with Crippen molar-refractivity contribution in [2.24, 2.45) is 5.92 Å². The van der Waals surface area contributed by atoms with Gasteiger partial charge in [0, 0.05) is 12.6 Å². The molecule has 1 rings (SSSR count). The van der Waals surface area contributed by atoms with Crippen molar-refractivity contribution in [2.75, 3.05) is 19.6 Å². The number of nitrogens with zero attached hydrogens (tertiary/aromatic N) is 1. The molecule has 0 radical (unpaired) electrons. The lowest BCUT2D eigenvalue weighted by atomic mass is 10.0. The minimum Gasteiger partial charge on any atom is -0.351 e. The van der Waals surface area contributed by atoms with Gasteiger partial charge in [-0.1, -0.05) is 19.9 Å². The van der Waals surface area contributed by atoms with Crippen LogP contribution in [0.3, 0.4) is 0 Å². The molecule has 1 aliphatic rings. The zero-order chi connectivity index (χ0) is 12.0. The van der Waals surface area contributed by atoms with E-state index in [0.717, 1.165) is 6.54 Å². The van der Waals surface area contributed by atoms with Crippen molar-refractivity contribution >= 4 is 5.91 Å². The molecule has 1 amide bonds. The van der Waals surface area contributed by atoms with E-state index in [-0.39, 0.29) is 5.91 Å². The Morgan fingerprint density at radius 3 is 2.50 bits per heavy atom. The quantitative estimate of drug-likeness (QED) is 0.722. The summed E-state index contributed by atoms with van der Waals surface area (Å²) in [6, 6.07) is 0.483. The molecule has 0 spiro atoms. The number of nitrogens with one attached hydrogen (secondary N) is 1. The van der Waals surface area contributed by atoms with E-state index >= 15 is 0 Å². The Balaban J connectivity index is 2.42. The van der Waals surface area contributed by atoms with E-state index in [1.807, 2.05) is 6.92 Å². The normalized spacial score (nSPS) is 19.5. The fraction of sp³-hybridized carbons (Fsp3) is 0.769. The molecule has 1 saturated heterocycles. The molecule has 1 heterocycles. The number of carbonyl (C=O) groups is 1. The van der Waals surface area contributed by atoms with Gasteiger partial charge in [-0.2, -0.15) is 0 Å². The molecule has 92 valence electrons. The van der Waals surface area contributed by atoms with E-state index in [0.29, 0.717) is 12.0 Å². The lowest BCUT2D eigenvalue weighted by molar-refractivity contribution is -0.116. The maximum absolute atomic E-state index is 11.4. The number of likely N-dealkylation sites (tertiary alicyclic amines) is 1. The SMILES string of the molecule is CC=CC(=O)NCC(C(C)C)N1CCCC1. The van der Waals surface area contributed by atoms with Gasteiger partial charge in [0.2, 0.25) is 5.91 Å². The third-order valence-electron chi connectivity index (χ3n) is 3.18. The van der Waals surface area contributed by atoms with Gasteiger partial charge < -0.3 is 5.32 Å². The predicted molar refractivity (Wildman–Crippen MR) is 67.3 cm³/mol. The average molecular weight is 224 g/mol. The van der Waals surface area contributed by atoms with E-state index in [2.05, 4.69) is 24.1 Å². The first-order chi connectivity index (χ1) is 7.65. The van der Waals surface area contributed by atoms with Crippen molar-refractivity contribution in [2.45, 2.75) is 39.7 Å². The molecular weight excluding hydrogens is 200 g/mol. The molecule has 0 bridgehead atoms. The topological polar surface area (TPSA) is 32.3 Å². The summed E-state index contributed by atoms with van der Waals surface area (Å²) in [6.07, 6.45) is 5.95. The van der Waals surface area contributed by atoms with Crippen LogP contribution < -0.4 is 5.32 Å². The molecule has 0 aliphatic carbocycles. The highest BCUT2D eigenvalue weighted by atomic mass is 16.1. The highest BCUT2D eigenvalue weighted by Gasteiger charge is 2.24. The predicted octanol–water partition coefficient (Wildman–Crippen LogP) is 1.80. The molecule has 1 N–H and O–H groups in total. The Morgan fingerprint density at radius 2 is 2.00 bits per heavy atom. The summed E-state index contributed by atoms with van der Waals surface area (Å²) in [5.74, 6) is 0.608. The van der Waals surface area contributed by atoms with Crippen LogP contribution in [0.25, 0.3) is 0 Å². The van der Waals surface area contributed by atoms with Crippen molar-refractivity contribution in [3.8, 4) is 0 Å².